The number of carbonyl (C=O) groups is 1. The van der Waals surface area contributed by atoms with Crippen molar-refractivity contribution in [1.82, 2.24) is 29.9 Å². The van der Waals surface area contributed by atoms with Crippen LogP contribution in [-0.2, 0) is 16.9 Å². The summed E-state index contributed by atoms with van der Waals surface area (Å²) in [5.74, 6) is 0.0937. The molecular formula is C20H24N6O2. The molecule has 1 amide bonds. The molecule has 0 fully saturated rings. The van der Waals surface area contributed by atoms with Crippen LogP contribution in [0.25, 0.3) is 16.6 Å². The van der Waals surface area contributed by atoms with E-state index in [-0.39, 0.29) is 5.91 Å². The molecule has 2 N–H and O–H groups in total. The molecule has 0 radical (unpaired) electrons. The summed E-state index contributed by atoms with van der Waals surface area (Å²) in [7, 11) is 0. The van der Waals surface area contributed by atoms with Gasteiger partial charge in [-0.25, -0.2) is 4.98 Å². The van der Waals surface area contributed by atoms with E-state index in [4.69, 9.17) is 0 Å². The third kappa shape index (κ3) is 3.68. The summed E-state index contributed by atoms with van der Waals surface area (Å²) >= 11 is 0. The maximum absolute atomic E-state index is 12.6. The van der Waals surface area contributed by atoms with Gasteiger partial charge in [-0.3, -0.25) is 9.48 Å². The van der Waals surface area contributed by atoms with Gasteiger partial charge in [-0.15, -0.1) is 5.10 Å². The van der Waals surface area contributed by atoms with Gasteiger partial charge in [-0.1, -0.05) is 11.3 Å². The summed E-state index contributed by atoms with van der Waals surface area (Å²) in [6.07, 6.45) is 8.75. The Kier molecular flexibility index (Phi) is 4.72. The van der Waals surface area contributed by atoms with Crippen LogP contribution in [0, 0.1) is 0 Å². The Morgan fingerprint density at radius 3 is 2.96 bits per heavy atom. The zero-order valence-corrected chi connectivity index (χ0v) is 16.1. The number of aryl methyl sites for hydroxylation is 1. The third-order valence-electron chi connectivity index (χ3n) is 5.08. The lowest BCUT2D eigenvalue weighted by atomic mass is 9.99. The van der Waals surface area contributed by atoms with E-state index in [1.54, 1.807) is 30.9 Å². The van der Waals surface area contributed by atoms with E-state index in [2.05, 4.69) is 32.4 Å². The summed E-state index contributed by atoms with van der Waals surface area (Å²) in [6, 6.07) is 4.00. The van der Waals surface area contributed by atoms with Crippen molar-refractivity contribution in [2.45, 2.75) is 38.8 Å². The Balaban J connectivity index is 1.36. The number of fused-ring (bicyclic) bond motifs is 1. The molecule has 1 aliphatic heterocycles. The molecule has 0 aliphatic carbocycles. The van der Waals surface area contributed by atoms with E-state index in [9.17, 15) is 9.90 Å². The highest BCUT2D eigenvalue weighted by Gasteiger charge is 2.22. The first kappa shape index (κ1) is 18.4. The number of carbonyl (C=O) groups excluding carboxylic acids is 1. The summed E-state index contributed by atoms with van der Waals surface area (Å²) < 4.78 is 1.61. The Morgan fingerprint density at radius 2 is 2.25 bits per heavy atom. The van der Waals surface area contributed by atoms with Gasteiger partial charge in [0.1, 0.15) is 16.9 Å². The van der Waals surface area contributed by atoms with Gasteiger partial charge in [0.25, 0.3) is 0 Å². The first-order valence-corrected chi connectivity index (χ1v) is 9.44. The number of hydrogen-bond donors (Lipinski definition) is 2. The highest BCUT2D eigenvalue weighted by atomic mass is 16.3. The number of aliphatic hydroxyl groups is 1. The average Bonchev–Trinajstić information content (AvgIpc) is 3.33. The van der Waals surface area contributed by atoms with Crippen LogP contribution in [0.3, 0.4) is 0 Å². The van der Waals surface area contributed by atoms with Crippen molar-refractivity contribution in [2.75, 3.05) is 13.1 Å². The van der Waals surface area contributed by atoms with Crippen LogP contribution < -0.4 is 0 Å². The van der Waals surface area contributed by atoms with Gasteiger partial charge in [0, 0.05) is 42.9 Å². The first-order chi connectivity index (χ1) is 13.4. The molecule has 28 heavy (non-hydrogen) atoms. The minimum atomic E-state index is -1.03. The van der Waals surface area contributed by atoms with Gasteiger partial charge in [-0.05, 0) is 38.0 Å². The number of pyridine rings is 1. The molecule has 146 valence electrons. The quantitative estimate of drug-likeness (QED) is 0.706. The molecule has 4 rings (SSSR count). The minimum Gasteiger partial charge on any atom is -0.384 e. The topological polar surface area (TPSA) is 99.9 Å². The van der Waals surface area contributed by atoms with Crippen molar-refractivity contribution in [3.8, 4) is 0 Å². The van der Waals surface area contributed by atoms with E-state index in [0.717, 1.165) is 23.0 Å². The summed E-state index contributed by atoms with van der Waals surface area (Å²) in [5.41, 5.74) is 2.76. The van der Waals surface area contributed by atoms with Gasteiger partial charge in [0.2, 0.25) is 5.91 Å². The van der Waals surface area contributed by atoms with Crippen LogP contribution in [0.15, 0.2) is 36.8 Å². The van der Waals surface area contributed by atoms with Crippen molar-refractivity contribution < 1.29 is 9.90 Å². The lowest BCUT2D eigenvalue weighted by Crippen LogP contribution is -2.35. The van der Waals surface area contributed by atoms with Crippen molar-refractivity contribution in [3.05, 3.63) is 48.1 Å². The second kappa shape index (κ2) is 7.20. The standard InChI is InChI=1S/C20H24N6O2/c1-20(2,28)17-13-26(24-23-17)11-7-18(27)25-9-5-14(6-10-25)16-12-22-19-15(16)4-3-8-21-19/h3-5,8,12-13,28H,6-7,9-11H2,1-2H3,(H,21,22). The van der Waals surface area contributed by atoms with Crippen molar-refractivity contribution >= 4 is 22.5 Å². The van der Waals surface area contributed by atoms with Gasteiger partial charge in [0.15, 0.2) is 0 Å². The van der Waals surface area contributed by atoms with Crippen molar-refractivity contribution in [2.24, 2.45) is 0 Å². The lowest BCUT2D eigenvalue weighted by molar-refractivity contribution is -0.131. The predicted molar refractivity (Wildman–Crippen MR) is 105 cm³/mol. The molecule has 4 heterocycles. The van der Waals surface area contributed by atoms with E-state index < -0.39 is 5.60 Å². The highest BCUT2D eigenvalue weighted by Crippen LogP contribution is 2.28. The predicted octanol–water partition coefficient (Wildman–Crippen LogP) is 2.09. The molecule has 0 spiro atoms. The molecule has 0 saturated carbocycles. The fourth-order valence-corrected chi connectivity index (χ4v) is 3.42. The van der Waals surface area contributed by atoms with Crippen LogP contribution in [0.5, 0.6) is 0 Å². The van der Waals surface area contributed by atoms with E-state index in [0.29, 0.717) is 31.7 Å². The maximum atomic E-state index is 12.6. The van der Waals surface area contributed by atoms with Crippen LogP contribution in [0.2, 0.25) is 0 Å². The molecule has 0 atom stereocenters. The zero-order chi connectivity index (χ0) is 19.7. The number of amides is 1. The molecule has 0 unspecified atom stereocenters. The smallest absolute Gasteiger partial charge is 0.224 e. The number of rotatable bonds is 5. The van der Waals surface area contributed by atoms with E-state index >= 15 is 0 Å². The average molecular weight is 380 g/mol. The molecular weight excluding hydrogens is 356 g/mol. The molecule has 0 bridgehead atoms. The number of hydrogen-bond acceptors (Lipinski definition) is 5. The number of aromatic amines is 1. The van der Waals surface area contributed by atoms with Crippen LogP contribution >= 0.6 is 0 Å². The molecule has 0 saturated heterocycles. The number of aromatic nitrogens is 5. The lowest BCUT2D eigenvalue weighted by Gasteiger charge is -2.26. The second-order valence-corrected chi connectivity index (χ2v) is 7.60. The summed E-state index contributed by atoms with van der Waals surface area (Å²) in [5, 5.41) is 19.0. The van der Waals surface area contributed by atoms with Crippen molar-refractivity contribution in [3.63, 3.8) is 0 Å². The summed E-state index contributed by atoms with van der Waals surface area (Å²) in [6.45, 7) is 5.07. The van der Waals surface area contributed by atoms with E-state index in [1.807, 2.05) is 17.2 Å². The molecule has 0 aromatic carbocycles. The molecule has 3 aromatic rings. The SMILES string of the molecule is CC(C)(O)c1cn(CCC(=O)N2CC=C(c3c[nH]c4ncccc34)CC2)nn1. The van der Waals surface area contributed by atoms with Gasteiger partial charge in [-0.2, -0.15) is 0 Å². The van der Waals surface area contributed by atoms with Crippen LogP contribution in [-0.4, -0.2) is 54.0 Å². The Bertz CT molecular complexity index is 1030. The number of nitrogens with zero attached hydrogens (tertiary/aromatic N) is 5. The Hall–Kier alpha value is -3.00. The molecule has 8 nitrogen and oxygen atoms in total. The fourth-order valence-electron chi connectivity index (χ4n) is 3.42. The molecule has 3 aromatic heterocycles. The highest BCUT2D eigenvalue weighted by molar-refractivity contribution is 5.91. The van der Waals surface area contributed by atoms with Crippen LogP contribution in [0.1, 0.15) is 37.9 Å². The molecule has 1 aliphatic rings. The van der Waals surface area contributed by atoms with Crippen molar-refractivity contribution in [1.29, 1.82) is 0 Å². The Labute approximate surface area is 162 Å². The molecule has 8 heteroatoms. The van der Waals surface area contributed by atoms with E-state index in [1.165, 1.54) is 5.57 Å². The van der Waals surface area contributed by atoms with Gasteiger partial charge >= 0.3 is 0 Å². The summed E-state index contributed by atoms with van der Waals surface area (Å²) in [4.78, 5) is 22.0. The normalized spacial score (nSPS) is 15.1. The maximum Gasteiger partial charge on any atom is 0.224 e. The first-order valence-electron chi connectivity index (χ1n) is 9.44. The fraction of sp³-hybridized carbons (Fsp3) is 0.400. The van der Waals surface area contributed by atoms with Gasteiger partial charge < -0.3 is 15.0 Å². The van der Waals surface area contributed by atoms with Gasteiger partial charge in [0.05, 0.1) is 12.7 Å². The minimum absolute atomic E-state index is 0.0937. The van der Waals surface area contributed by atoms with Crippen LogP contribution in [0.4, 0.5) is 0 Å². The Morgan fingerprint density at radius 1 is 1.39 bits per heavy atom. The number of nitrogens with one attached hydrogen (secondary N) is 1. The third-order valence-corrected chi connectivity index (χ3v) is 5.08. The second-order valence-electron chi connectivity index (χ2n) is 7.60. The zero-order valence-electron chi connectivity index (χ0n) is 16.1. The largest absolute Gasteiger partial charge is 0.384 e. The monoisotopic (exact) mass is 380 g/mol. The number of H-pyrrole nitrogens is 1.